The van der Waals surface area contributed by atoms with Crippen LogP contribution in [0.15, 0.2) is 224 Å². The quantitative estimate of drug-likeness (QED) is 0.153. The third-order valence-corrected chi connectivity index (χ3v) is 14.2. The van der Waals surface area contributed by atoms with Crippen molar-refractivity contribution in [2.75, 3.05) is 0 Å². The molecule has 2 heterocycles. The Morgan fingerprint density at radius 3 is 1.42 bits per heavy atom. The Morgan fingerprint density at radius 1 is 0.290 bits per heavy atom. The summed E-state index contributed by atoms with van der Waals surface area (Å²) in [7, 11) is 0. The lowest BCUT2D eigenvalue weighted by Crippen LogP contribution is -1.95. The average Bonchev–Trinajstić information content (AvgIpc) is 3.89. The van der Waals surface area contributed by atoms with Gasteiger partial charge in [0.15, 0.2) is 0 Å². The molecule has 288 valence electrons. The molecule has 0 fully saturated rings. The molecule has 2 aromatic heterocycles. The summed E-state index contributed by atoms with van der Waals surface area (Å²) >= 11 is 1.89. The molecule has 0 bridgehead atoms. The maximum Gasteiger partial charge on any atom is 0.0541 e. The van der Waals surface area contributed by atoms with Crippen molar-refractivity contribution in [3.63, 3.8) is 0 Å². The van der Waals surface area contributed by atoms with E-state index < -0.39 is 0 Å². The van der Waals surface area contributed by atoms with Gasteiger partial charge in [-0.3, -0.25) is 0 Å². The van der Waals surface area contributed by atoms with Crippen LogP contribution in [0.4, 0.5) is 0 Å². The lowest BCUT2D eigenvalue weighted by atomic mass is 9.86. The molecule has 1 nitrogen and oxygen atoms in total. The van der Waals surface area contributed by atoms with Crippen LogP contribution in [-0.2, 0) is 0 Å². The van der Waals surface area contributed by atoms with Gasteiger partial charge >= 0.3 is 0 Å². The molecule has 13 rings (SSSR count). The minimum Gasteiger partial charge on any atom is -0.309 e. The van der Waals surface area contributed by atoms with Crippen molar-refractivity contribution < 1.29 is 0 Å². The summed E-state index contributed by atoms with van der Waals surface area (Å²) in [6.07, 6.45) is 0. The van der Waals surface area contributed by atoms with Gasteiger partial charge < -0.3 is 4.57 Å². The highest BCUT2D eigenvalue weighted by Crippen LogP contribution is 2.46. The predicted octanol–water partition coefficient (Wildman–Crippen LogP) is 17.3. The van der Waals surface area contributed by atoms with Gasteiger partial charge in [0.05, 0.1) is 11.0 Å². The van der Waals surface area contributed by atoms with E-state index in [-0.39, 0.29) is 0 Å². The highest BCUT2D eigenvalue weighted by Gasteiger charge is 2.19. The summed E-state index contributed by atoms with van der Waals surface area (Å²) in [6.45, 7) is 0. The van der Waals surface area contributed by atoms with Crippen LogP contribution in [0.3, 0.4) is 0 Å². The Labute approximate surface area is 363 Å². The number of thiophene rings is 1. The van der Waals surface area contributed by atoms with Crippen LogP contribution >= 0.6 is 11.3 Å². The summed E-state index contributed by atoms with van der Waals surface area (Å²) in [5, 5.41) is 12.7. The number of hydrogen-bond acceptors (Lipinski definition) is 1. The summed E-state index contributed by atoms with van der Waals surface area (Å²) in [5.74, 6) is 0. The number of nitrogens with zero attached hydrogens (tertiary/aromatic N) is 1. The number of aromatic nitrogens is 1. The minimum absolute atomic E-state index is 1.14. The Bertz CT molecular complexity index is 3840. The first-order valence-electron chi connectivity index (χ1n) is 21.3. The second kappa shape index (κ2) is 13.9. The van der Waals surface area contributed by atoms with E-state index in [4.69, 9.17) is 0 Å². The molecule has 0 aliphatic heterocycles. The van der Waals surface area contributed by atoms with Crippen molar-refractivity contribution in [2.24, 2.45) is 0 Å². The number of rotatable bonds is 5. The zero-order chi connectivity index (χ0) is 40.7. The maximum atomic E-state index is 2.46. The van der Waals surface area contributed by atoms with Gasteiger partial charge in [-0.2, -0.15) is 0 Å². The lowest BCUT2D eigenvalue weighted by Gasteiger charge is -2.18. The van der Waals surface area contributed by atoms with E-state index in [0.29, 0.717) is 0 Å². The van der Waals surface area contributed by atoms with Gasteiger partial charge in [-0.15, -0.1) is 11.3 Å². The Balaban J connectivity index is 1.02. The third kappa shape index (κ3) is 5.34. The van der Waals surface area contributed by atoms with E-state index in [0.717, 1.165) is 5.69 Å². The molecule has 0 aliphatic rings. The summed E-state index contributed by atoms with van der Waals surface area (Å²) in [5.41, 5.74) is 13.5. The fourth-order valence-corrected chi connectivity index (χ4v) is 11.5. The fourth-order valence-electron chi connectivity index (χ4n) is 10.2. The summed E-state index contributed by atoms with van der Waals surface area (Å²) in [4.78, 5) is 0. The Hall–Kier alpha value is -7.78. The van der Waals surface area contributed by atoms with E-state index in [2.05, 4.69) is 229 Å². The Kier molecular flexibility index (Phi) is 7.85. The van der Waals surface area contributed by atoms with Gasteiger partial charge in [0.25, 0.3) is 0 Å². The van der Waals surface area contributed by atoms with Crippen LogP contribution in [0.5, 0.6) is 0 Å². The van der Waals surface area contributed by atoms with Gasteiger partial charge in [0, 0.05) is 36.6 Å². The lowest BCUT2D eigenvalue weighted by molar-refractivity contribution is 1.18. The van der Waals surface area contributed by atoms with E-state index in [1.54, 1.807) is 0 Å². The molecule has 62 heavy (non-hydrogen) atoms. The van der Waals surface area contributed by atoms with Crippen molar-refractivity contribution in [1.82, 2.24) is 4.57 Å². The molecule has 0 aliphatic carbocycles. The van der Waals surface area contributed by atoms with Crippen molar-refractivity contribution in [2.45, 2.75) is 0 Å². The molecular weight excluding hydrogens is 767 g/mol. The first kappa shape index (κ1) is 35.0. The summed E-state index contributed by atoms with van der Waals surface area (Å²) in [6, 6.07) is 83.0. The van der Waals surface area contributed by atoms with Gasteiger partial charge in [-0.25, -0.2) is 0 Å². The zero-order valence-electron chi connectivity index (χ0n) is 33.7. The first-order chi connectivity index (χ1) is 30.8. The zero-order valence-corrected chi connectivity index (χ0v) is 34.5. The van der Waals surface area contributed by atoms with Crippen LogP contribution < -0.4 is 0 Å². The molecule has 0 atom stereocenters. The molecule has 0 unspecified atom stereocenters. The molecule has 0 saturated carbocycles. The van der Waals surface area contributed by atoms with Gasteiger partial charge in [-0.1, -0.05) is 182 Å². The molecule has 0 amide bonds. The van der Waals surface area contributed by atoms with E-state index in [1.807, 2.05) is 11.3 Å². The second-order valence-electron chi connectivity index (χ2n) is 16.4. The number of fused-ring (bicyclic) bond motifs is 9. The van der Waals surface area contributed by atoms with Crippen molar-refractivity contribution in [3.05, 3.63) is 224 Å². The van der Waals surface area contributed by atoms with Crippen LogP contribution in [-0.4, -0.2) is 4.57 Å². The van der Waals surface area contributed by atoms with Gasteiger partial charge in [-0.05, 0) is 119 Å². The molecule has 0 N–H and O–H groups in total. The number of benzene rings is 11. The van der Waals surface area contributed by atoms with E-state index in [1.165, 1.54) is 119 Å². The van der Waals surface area contributed by atoms with Gasteiger partial charge in [0.2, 0.25) is 0 Å². The predicted molar refractivity (Wildman–Crippen MR) is 268 cm³/mol. The maximum absolute atomic E-state index is 2.46. The topological polar surface area (TPSA) is 4.93 Å². The highest BCUT2D eigenvalue weighted by molar-refractivity contribution is 7.26. The van der Waals surface area contributed by atoms with Crippen LogP contribution in [0, 0.1) is 0 Å². The summed E-state index contributed by atoms with van der Waals surface area (Å²) < 4.78 is 5.12. The molecule has 0 spiro atoms. The largest absolute Gasteiger partial charge is 0.309 e. The van der Waals surface area contributed by atoms with Crippen LogP contribution in [0.1, 0.15) is 0 Å². The molecule has 11 aromatic carbocycles. The third-order valence-electron chi connectivity index (χ3n) is 13.0. The first-order valence-corrected chi connectivity index (χ1v) is 22.2. The minimum atomic E-state index is 1.14. The van der Waals surface area contributed by atoms with Crippen LogP contribution in [0.25, 0.3) is 124 Å². The fraction of sp³-hybridized carbons (Fsp3) is 0. The Morgan fingerprint density at radius 2 is 0.758 bits per heavy atom. The van der Waals surface area contributed by atoms with E-state index >= 15 is 0 Å². The standard InChI is InChI=1S/C60H37NS/c1-2-15-39(16-3-1)58-48-20-6-8-22-50(48)59(51-23-9-7-21-49(51)58)40-28-32-43(33-29-40)61-55-34-30-41(45-24-12-17-38-14-4-5-18-44(38)45)36-53(55)54-37-42(31-35-56(54)61)46-25-13-26-52-47-19-10-11-27-57(47)62-60(46)52/h1-37H. The molecule has 0 radical (unpaired) electrons. The highest BCUT2D eigenvalue weighted by atomic mass is 32.1. The normalized spacial score (nSPS) is 11.9. The van der Waals surface area contributed by atoms with E-state index in [9.17, 15) is 0 Å². The monoisotopic (exact) mass is 803 g/mol. The average molecular weight is 804 g/mol. The molecule has 13 aromatic rings. The molecule has 0 saturated heterocycles. The van der Waals surface area contributed by atoms with Crippen molar-refractivity contribution in [1.29, 1.82) is 0 Å². The van der Waals surface area contributed by atoms with Gasteiger partial charge in [0.1, 0.15) is 0 Å². The van der Waals surface area contributed by atoms with Crippen molar-refractivity contribution in [3.8, 4) is 50.2 Å². The van der Waals surface area contributed by atoms with Crippen LogP contribution in [0.2, 0.25) is 0 Å². The molecular formula is C60H37NS. The number of hydrogen-bond donors (Lipinski definition) is 0. The SMILES string of the molecule is c1ccc(-c2c3ccccc3c(-c3ccc(-n4c5ccc(-c6cccc7ccccc67)cc5c5cc(-c6cccc7c6sc6ccccc67)ccc54)cc3)c3ccccc23)cc1. The van der Waals surface area contributed by atoms with Crippen molar-refractivity contribution >= 4 is 85.6 Å². The smallest absolute Gasteiger partial charge is 0.0541 e. The molecule has 2 heteroatoms. The second-order valence-corrected chi connectivity index (χ2v) is 17.4.